The van der Waals surface area contributed by atoms with Crippen LogP contribution in [0.1, 0.15) is 104 Å². The fourth-order valence-electron chi connectivity index (χ4n) is 12.2. The highest BCUT2D eigenvalue weighted by molar-refractivity contribution is 6.34. The monoisotopic (exact) mass is 1010 g/mol. The molecular weight excluding hydrogens is 954 g/mol. The van der Waals surface area contributed by atoms with E-state index in [1.807, 2.05) is 42.2 Å². The molecule has 5 aliphatic rings. The lowest BCUT2D eigenvalue weighted by Crippen LogP contribution is -2.49. The molecule has 0 unspecified atom stereocenters. The van der Waals surface area contributed by atoms with E-state index in [0.717, 1.165) is 37.8 Å². The van der Waals surface area contributed by atoms with Gasteiger partial charge in [-0.3, -0.25) is 29.3 Å². The Balaban J connectivity index is 0.731. The molecule has 4 fully saturated rings. The average Bonchev–Trinajstić information content (AvgIpc) is 3.85. The second kappa shape index (κ2) is 19.6. The van der Waals surface area contributed by atoms with E-state index in [9.17, 15) is 19.2 Å². The third-order valence-corrected chi connectivity index (χ3v) is 16.5. The largest absolute Gasteiger partial charge is 0.480 e. The summed E-state index contributed by atoms with van der Waals surface area (Å²) >= 11 is 6.65. The van der Waals surface area contributed by atoms with Crippen molar-refractivity contribution in [2.45, 2.75) is 88.2 Å². The van der Waals surface area contributed by atoms with Gasteiger partial charge in [-0.05, 0) is 100 Å². The second-order valence-corrected chi connectivity index (χ2v) is 20.6. The number of piperidine rings is 2. The molecule has 5 heterocycles. The van der Waals surface area contributed by atoms with Crippen molar-refractivity contribution < 1.29 is 41.5 Å². The summed E-state index contributed by atoms with van der Waals surface area (Å²) in [6, 6.07) is 13.9. The molecule has 4 aliphatic heterocycles. The zero-order valence-corrected chi connectivity index (χ0v) is 41.0. The van der Waals surface area contributed by atoms with Gasteiger partial charge in [-0.2, -0.15) is 5.10 Å². The Morgan fingerprint density at radius 1 is 0.875 bits per heavy atom. The fourth-order valence-corrected chi connectivity index (χ4v) is 12.4. The number of amides is 5. The number of anilines is 2. The number of urea groups is 1. The predicted octanol–water partition coefficient (Wildman–Crippen LogP) is 8.24. The molecule has 72 heavy (non-hydrogen) atoms. The van der Waals surface area contributed by atoms with Crippen molar-refractivity contribution in [3.05, 3.63) is 105 Å². The van der Waals surface area contributed by atoms with Gasteiger partial charge in [-0.25, -0.2) is 22.4 Å². The first-order valence-electron chi connectivity index (χ1n) is 24.9. The maximum atomic E-state index is 16.2. The van der Waals surface area contributed by atoms with Crippen molar-refractivity contribution in [1.82, 2.24) is 30.2 Å². The molecule has 4 aromatic carbocycles. The van der Waals surface area contributed by atoms with Crippen molar-refractivity contribution in [3.63, 3.8) is 0 Å². The number of hydrogen-bond donors (Lipinski definition) is 4. The van der Waals surface area contributed by atoms with Gasteiger partial charge in [-0.1, -0.05) is 48.9 Å². The number of nitrogens with zero attached hydrogens (tertiary/aromatic N) is 5. The van der Waals surface area contributed by atoms with Gasteiger partial charge >= 0.3 is 6.03 Å². The molecule has 5 aromatic rings. The SMILES string of the molecule is C[C@H]1c2c(cc(F)c(Cl)c2-c2c(C(N)=O)ccc(N)c2F)O[C@]1(CNC1CCC(C(=O)N2CCC(CN3CCC(c4c(F)cc5c(N6CCC(=O)NC6=O)nn(C)c5c4F)CC3)CC2)CC1)c1ccccc1. The molecular formula is C53H58ClF4N9O5. The number of nitrogen functional groups attached to an aromatic ring is 1. The van der Waals surface area contributed by atoms with Gasteiger partial charge in [0.05, 0.1) is 21.7 Å². The van der Waals surface area contributed by atoms with E-state index in [0.29, 0.717) is 69.9 Å². The molecule has 1 aliphatic carbocycles. The first-order valence-corrected chi connectivity index (χ1v) is 25.3. The lowest BCUT2D eigenvalue weighted by Gasteiger charge is -2.40. The molecule has 10 rings (SSSR count). The summed E-state index contributed by atoms with van der Waals surface area (Å²) in [6.45, 7) is 5.87. The van der Waals surface area contributed by atoms with E-state index < -0.39 is 52.6 Å². The maximum absolute atomic E-state index is 16.2. The van der Waals surface area contributed by atoms with E-state index in [1.54, 1.807) is 7.05 Å². The summed E-state index contributed by atoms with van der Waals surface area (Å²) < 4.78 is 71.8. The van der Waals surface area contributed by atoms with Crippen molar-refractivity contribution in [3.8, 4) is 16.9 Å². The van der Waals surface area contributed by atoms with Crippen LogP contribution in [0.25, 0.3) is 22.0 Å². The molecule has 5 amide bonds. The maximum Gasteiger partial charge on any atom is 0.329 e. The molecule has 1 saturated carbocycles. The molecule has 2 atom stereocenters. The van der Waals surface area contributed by atoms with Gasteiger partial charge in [-0.15, -0.1) is 0 Å². The van der Waals surface area contributed by atoms with Crippen molar-refractivity contribution in [2.24, 2.45) is 24.6 Å². The number of carbonyl (C=O) groups excluding carboxylic acids is 4. The van der Waals surface area contributed by atoms with Gasteiger partial charge in [0.25, 0.3) is 0 Å². The zero-order chi connectivity index (χ0) is 50.7. The number of likely N-dealkylation sites (tertiary alicyclic amines) is 2. The van der Waals surface area contributed by atoms with Crippen LogP contribution >= 0.6 is 11.6 Å². The Bertz CT molecular complexity index is 2970. The van der Waals surface area contributed by atoms with Gasteiger partial charge in [0.1, 0.15) is 22.9 Å². The summed E-state index contributed by atoms with van der Waals surface area (Å²) in [5.41, 5.74) is 11.2. The molecule has 0 bridgehead atoms. The Labute approximate surface area is 419 Å². The molecule has 1 aromatic heterocycles. The number of aromatic nitrogens is 2. The lowest BCUT2D eigenvalue weighted by atomic mass is 9.77. The summed E-state index contributed by atoms with van der Waals surface area (Å²) in [4.78, 5) is 56.4. The van der Waals surface area contributed by atoms with Crippen LogP contribution in [0.2, 0.25) is 5.02 Å². The quantitative estimate of drug-likeness (QED) is 0.0749. The molecule has 0 radical (unpaired) electrons. The number of aryl methyl sites for hydroxylation is 1. The van der Waals surface area contributed by atoms with Crippen molar-refractivity contribution in [1.29, 1.82) is 0 Å². The highest BCUT2D eigenvalue weighted by Gasteiger charge is 2.50. The topological polar surface area (TPSA) is 181 Å². The van der Waals surface area contributed by atoms with Crippen LogP contribution in [0.5, 0.6) is 5.75 Å². The third kappa shape index (κ3) is 8.82. The minimum Gasteiger partial charge on any atom is -0.480 e. The predicted molar refractivity (Wildman–Crippen MR) is 264 cm³/mol. The molecule has 380 valence electrons. The number of fused-ring (bicyclic) bond motifs is 2. The van der Waals surface area contributed by atoms with Crippen LogP contribution in [0.3, 0.4) is 0 Å². The zero-order valence-electron chi connectivity index (χ0n) is 40.2. The smallest absolute Gasteiger partial charge is 0.329 e. The number of carbonyl (C=O) groups is 4. The summed E-state index contributed by atoms with van der Waals surface area (Å²) in [5, 5.41) is 10.1. The van der Waals surface area contributed by atoms with Crippen LogP contribution < -0.4 is 31.7 Å². The minimum atomic E-state index is -1.09. The van der Waals surface area contributed by atoms with E-state index in [1.165, 1.54) is 33.8 Å². The lowest BCUT2D eigenvalue weighted by molar-refractivity contribution is -0.138. The number of hydrogen-bond acceptors (Lipinski definition) is 9. The van der Waals surface area contributed by atoms with Crippen LogP contribution in [-0.2, 0) is 22.2 Å². The van der Waals surface area contributed by atoms with Crippen molar-refractivity contribution in [2.75, 3.05) is 56.4 Å². The second-order valence-electron chi connectivity index (χ2n) is 20.3. The minimum absolute atomic E-state index is 0.0319. The van der Waals surface area contributed by atoms with E-state index >= 15 is 17.6 Å². The first kappa shape index (κ1) is 49.3. The number of primary amides is 1. The molecule has 3 saturated heterocycles. The Kier molecular flexibility index (Phi) is 13.5. The van der Waals surface area contributed by atoms with Gasteiger partial charge in [0.2, 0.25) is 17.7 Å². The number of imide groups is 1. The summed E-state index contributed by atoms with van der Waals surface area (Å²) in [6.07, 6.45) is 5.92. The molecule has 14 nitrogen and oxygen atoms in total. The highest BCUT2D eigenvalue weighted by Crippen LogP contribution is 2.56. The Morgan fingerprint density at radius 3 is 2.26 bits per heavy atom. The van der Waals surface area contributed by atoms with Crippen LogP contribution in [0.4, 0.5) is 33.9 Å². The van der Waals surface area contributed by atoms with Crippen LogP contribution in [-0.4, -0.2) is 95.2 Å². The normalized spacial score (nSPS) is 23.3. The number of benzene rings is 4. The number of halogens is 5. The summed E-state index contributed by atoms with van der Waals surface area (Å²) in [7, 11) is 1.56. The Morgan fingerprint density at radius 2 is 1.58 bits per heavy atom. The number of ether oxygens (including phenoxy) is 1. The first-order chi connectivity index (χ1) is 34.5. The molecule has 0 spiro atoms. The fraction of sp³-hybridized carbons (Fsp3) is 0.453. The number of nitrogens with two attached hydrogens (primary N) is 2. The third-order valence-electron chi connectivity index (χ3n) is 16.1. The van der Waals surface area contributed by atoms with Crippen LogP contribution in [0.15, 0.2) is 54.6 Å². The van der Waals surface area contributed by atoms with E-state index in [2.05, 4.69) is 20.6 Å². The number of nitrogens with one attached hydrogen (secondary N) is 2. The van der Waals surface area contributed by atoms with Gasteiger partial charge in [0.15, 0.2) is 23.1 Å². The average molecular weight is 1010 g/mol. The van der Waals surface area contributed by atoms with Crippen molar-refractivity contribution >= 4 is 57.8 Å². The van der Waals surface area contributed by atoms with Gasteiger partial charge in [0, 0.05) is 92.4 Å². The van der Waals surface area contributed by atoms with Crippen LogP contribution in [0, 0.1) is 35.1 Å². The highest BCUT2D eigenvalue weighted by atomic mass is 35.5. The number of rotatable bonds is 11. The summed E-state index contributed by atoms with van der Waals surface area (Å²) in [5.74, 6) is -4.56. The standard InChI is InChI=1S/C53H58ClF4N9O5/c1-28-41-39(25-37(56)45(54)44(41)43-34(49(60)69)12-13-38(59)46(43)57)72-53(28,32-6-4-3-5-7-32)27-61-33-10-8-31(9-11-33)51(70)66-21-14-29(15-22-66)26-65-19-16-30(17-20-65)42-36(55)24-35-48(47(42)58)64(2)63-50(35)67-23-18-40(68)62-52(67)71/h3-7,12-13,24-25,28-31,33,61H,8-11,14-23,26-27,59H2,1-2H3,(H2,60,69)(H,62,68,71)/t28-,31?,33?,53-/m0/s1. The molecule has 19 heteroatoms. The van der Waals surface area contributed by atoms with E-state index in [-0.39, 0.29) is 92.2 Å². The van der Waals surface area contributed by atoms with Gasteiger partial charge < -0.3 is 31.3 Å². The molecule has 6 N–H and O–H groups in total. The van der Waals surface area contributed by atoms with E-state index in [4.69, 9.17) is 27.8 Å². The Hall–Kier alpha value is -6.24.